The minimum absolute atomic E-state index is 0.0515. The van der Waals surface area contributed by atoms with Gasteiger partial charge in [0.1, 0.15) is 18.3 Å². The Morgan fingerprint density at radius 2 is 1.69 bits per heavy atom. The molecule has 0 N–H and O–H groups in total. The summed E-state index contributed by atoms with van der Waals surface area (Å²) >= 11 is 6.09. The second-order valence-corrected chi connectivity index (χ2v) is 12.8. The average Bonchev–Trinajstić information content (AvgIpc) is 3.73. The molecule has 5 aromatic rings. The summed E-state index contributed by atoms with van der Waals surface area (Å²) in [6, 6.07) is 16.4. The van der Waals surface area contributed by atoms with Gasteiger partial charge in [-0.05, 0) is 54.3 Å². The summed E-state index contributed by atoms with van der Waals surface area (Å²) in [6.07, 6.45) is 2.24. The average molecular weight is 670 g/mol. The maximum atomic E-state index is 14.2. The van der Waals surface area contributed by atoms with Crippen LogP contribution in [0, 0.1) is 15.5 Å². The highest BCUT2D eigenvalue weighted by molar-refractivity contribution is 6.30. The third-order valence-electron chi connectivity index (χ3n) is 8.48. The highest BCUT2D eigenvalue weighted by atomic mass is 35.5. The number of carbonyl (C=O) groups excluding carboxylic acids is 1. The Balaban J connectivity index is 1.32. The molecule has 1 aliphatic carbocycles. The van der Waals surface area contributed by atoms with Crippen LogP contribution < -0.4 is 20.9 Å². The molecular weight excluding hydrogens is 642 g/mol. The second kappa shape index (κ2) is 11.5. The van der Waals surface area contributed by atoms with Crippen molar-refractivity contribution in [1.82, 2.24) is 28.9 Å². The van der Waals surface area contributed by atoms with E-state index in [4.69, 9.17) is 21.1 Å². The van der Waals surface area contributed by atoms with E-state index in [-0.39, 0.29) is 30.2 Å². The number of non-ortho nitro benzene ring substituents is 1. The molecule has 1 atom stereocenters. The van der Waals surface area contributed by atoms with Crippen LogP contribution in [0.1, 0.15) is 44.0 Å². The Kier molecular flexibility index (Phi) is 7.39. The first-order valence-corrected chi connectivity index (χ1v) is 15.3. The number of hydrogen-bond acceptors (Lipinski definition) is 9. The number of nitro benzene ring substituents is 1. The van der Waals surface area contributed by atoms with Gasteiger partial charge < -0.3 is 9.47 Å². The molecule has 1 unspecified atom stereocenters. The molecule has 0 saturated carbocycles. The molecule has 0 bridgehead atoms. The SMILES string of the molecule is COc1cccc(C2C3=C(CC(C)(C)CC3=O)n3c(=O)n(-c4ccc(Cl)cc4)c(=O)n32)c1OCc1cn(-c2ccc([N+](=O)[O-])cc2)nn1. The van der Waals surface area contributed by atoms with Gasteiger partial charge in [0, 0.05) is 34.7 Å². The first kappa shape index (κ1) is 30.9. The number of para-hydroxylation sites is 1. The zero-order chi connectivity index (χ0) is 33.9. The number of ether oxygens (including phenoxy) is 2. The fourth-order valence-corrected chi connectivity index (χ4v) is 6.50. The van der Waals surface area contributed by atoms with Crippen LogP contribution in [0.3, 0.4) is 0 Å². The van der Waals surface area contributed by atoms with Gasteiger partial charge in [-0.2, -0.15) is 0 Å². The lowest BCUT2D eigenvalue weighted by molar-refractivity contribution is -0.384. The van der Waals surface area contributed by atoms with Gasteiger partial charge in [0.15, 0.2) is 17.3 Å². The maximum Gasteiger partial charge on any atom is 0.356 e. The lowest BCUT2D eigenvalue weighted by Gasteiger charge is -2.30. The number of methoxy groups -OCH3 is 1. The topological polar surface area (TPSA) is 158 Å². The molecule has 0 fully saturated rings. The molecule has 0 radical (unpaired) electrons. The molecule has 15 heteroatoms. The summed E-state index contributed by atoms with van der Waals surface area (Å²) in [6.45, 7) is 3.83. The van der Waals surface area contributed by atoms with Crippen LogP contribution in [0.2, 0.25) is 5.02 Å². The maximum absolute atomic E-state index is 14.2. The monoisotopic (exact) mass is 669 g/mol. The molecule has 0 spiro atoms. The van der Waals surface area contributed by atoms with E-state index in [9.17, 15) is 24.5 Å². The van der Waals surface area contributed by atoms with E-state index >= 15 is 0 Å². The number of allylic oxidation sites excluding steroid dienone is 2. The predicted molar refractivity (Wildman–Crippen MR) is 174 cm³/mol. The van der Waals surface area contributed by atoms with Gasteiger partial charge in [-0.3, -0.25) is 14.9 Å². The van der Waals surface area contributed by atoms with Crippen LogP contribution in [0.4, 0.5) is 5.69 Å². The largest absolute Gasteiger partial charge is 0.493 e. The summed E-state index contributed by atoms with van der Waals surface area (Å²) in [5, 5.41) is 19.8. The van der Waals surface area contributed by atoms with Crippen LogP contribution in [0.25, 0.3) is 17.1 Å². The Morgan fingerprint density at radius 3 is 2.38 bits per heavy atom. The molecule has 0 saturated heterocycles. The number of nitrogens with zero attached hydrogens (tertiary/aromatic N) is 7. The van der Waals surface area contributed by atoms with Crippen LogP contribution >= 0.6 is 11.6 Å². The van der Waals surface area contributed by atoms with Crippen molar-refractivity contribution < 1.29 is 19.2 Å². The normalized spacial score (nSPS) is 16.5. The van der Waals surface area contributed by atoms with Gasteiger partial charge in [-0.15, -0.1) is 5.10 Å². The summed E-state index contributed by atoms with van der Waals surface area (Å²) in [7, 11) is 1.48. The van der Waals surface area contributed by atoms with E-state index in [1.807, 2.05) is 13.8 Å². The number of aromatic nitrogens is 6. The van der Waals surface area contributed by atoms with Crippen molar-refractivity contribution in [1.29, 1.82) is 0 Å². The lowest BCUT2D eigenvalue weighted by Crippen LogP contribution is -2.33. The Morgan fingerprint density at radius 1 is 0.979 bits per heavy atom. The summed E-state index contributed by atoms with van der Waals surface area (Å²) in [4.78, 5) is 52.6. The number of Topliss-reactive ketones (excluding diaryl/α,β-unsaturated/α-hetero) is 1. The molecule has 3 heterocycles. The zero-order valence-corrected chi connectivity index (χ0v) is 26.7. The molecule has 244 valence electrons. The molecule has 48 heavy (non-hydrogen) atoms. The molecule has 3 aromatic carbocycles. The van der Waals surface area contributed by atoms with E-state index in [0.717, 1.165) is 4.57 Å². The van der Waals surface area contributed by atoms with Crippen molar-refractivity contribution in [3.05, 3.63) is 126 Å². The van der Waals surface area contributed by atoms with E-state index in [0.29, 0.717) is 51.1 Å². The van der Waals surface area contributed by atoms with E-state index < -0.39 is 27.8 Å². The van der Waals surface area contributed by atoms with E-state index in [1.54, 1.807) is 60.8 Å². The van der Waals surface area contributed by atoms with Crippen LogP contribution in [-0.2, 0) is 11.4 Å². The molecule has 0 amide bonds. The minimum atomic E-state index is -0.988. The molecule has 1 aliphatic heterocycles. The van der Waals surface area contributed by atoms with Crippen LogP contribution in [0.5, 0.6) is 11.5 Å². The number of hydrogen-bond donors (Lipinski definition) is 0. The van der Waals surface area contributed by atoms with Crippen molar-refractivity contribution in [3.8, 4) is 22.9 Å². The molecule has 2 aromatic heterocycles. The number of ketones is 1. The van der Waals surface area contributed by atoms with Crippen molar-refractivity contribution >= 4 is 28.8 Å². The highest BCUT2D eigenvalue weighted by Gasteiger charge is 2.47. The van der Waals surface area contributed by atoms with Crippen molar-refractivity contribution in [2.45, 2.75) is 39.3 Å². The number of halogens is 1. The van der Waals surface area contributed by atoms with E-state index in [2.05, 4.69) is 10.3 Å². The fourth-order valence-electron chi connectivity index (χ4n) is 6.38. The van der Waals surface area contributed by atoms with Gasteiger partial charge in [-0.1, -0.05) is 42.8 Å². The van der Waals surface area contributed by atoms with E-state index in [1.165, 1.54) is 33.3 Å². The smallest absolute Gasteiger partial charge is 0.356 e. The fraction of sp³-hybridized carbons (Fsp3) is 0.242. The third-order valence-corrected chi connectivity index (χ3v) is 8.74. The second-order valence-electron chi connectivity index (χ2n) is 12.3. The third kappa shape index (κ3) is 5.10. The zero-order valence-electron chi connectivity index (χ0n) is 26.0. The summed E-state index contributed by atoms with van der Waals surface area (Å²) < 4.78 is 17.1. The van der Waals surface area contributed by atoms with Gasteiger partial charge in [-0.25, -0.2) is 28.2 Å². The predicted octanol–water partition coefficient (Wildman–Crippen LogP) is 4.73. The first-order valence-electron chi connectivity index (χ1n) is 14.9. The number of rotatable bonds is 8. The number of benzene rings is 3. The molecule has 2 aliphatic rings. The summed E-state index contributed by atoms with van der Waals surface area (Å²) in [5.41, 5.74) is 0.858. The number of fused-ring (bicyclic) bond motifs is 2. The van der Waals surface area contributed by atoms with Crippen LogP contribution in [-0.4, -0.2) is 46.7 Å². The van der Waals surface area contributed by atoms with Crippen molar-refractivity contribution in [2.24, 2.45) is 5.41 Å². The minimum Gasteiger partial charge on any atom is -0.493 e. The molecular formula is C33H28ClN7O7. The quantitative estimate of drug-likeness (QED) is 0.168. The van der Waals surface area contributed by atoms with Gasteiger partial charge in [0.2, 0.25) is 0 Å². The number of nitro groups is 1. The lowest BCUT2D eigenvalue weighted by atomic mass is 9.74. The van der Waals surface area contributed by atoms with Crippen LogP contribution in [0.15, 0.2) is 88.1 Å². The van der Waals surface area contributed by atoms with Crippen molar-refractivity contribution in [3.63, 3.8) is 0 Å². The Hall–Kier alpha value is -5.76. The highest BCUT2D eigenvalue weighted by Crippen LogP contribution is 2.49. The Bertz CT molecular complexity index is 2260. The first-order chi connectivity index (χ1) is 23.0. The number of carbonyl (C=O) groups is 1. The van der Waals surface area contributed by atoms with Crippen molar-refractivity contribution in [2.75, 3.05) is 7.11 Å². The molecule has 7 rings (SSSR count). The van der Waals surface area contributed by atoms with Gasteiger partial charge in [0.05, 0.1) is 35.3 Å². The standard InChI is InChI=1S/C33H28ClN7O7/c1-33(2)15-25-28(26(42)16-33)29(40-32(44)38(31(43)39(25)40)22-9-7-19(34)8-10-22)24-5-4-6-27(47-3)30(24)48-18-20-17-37(36-35-20)21-11-13-23(14-12-21)41(45)46/h4-14,17,29H,15-16,18H2,1-3H3. The van der Waals surface area contributed by atoms with Gasteiger partial charge >= 0.3 is 11.4 Å². The van der Waals surface area contributed by atoms with Gasteiger partial charge in [0.25, 0.3) is 5.69 Å². The summed E-state index contributed by atoms with van der Waals surface area (Å²) in [5.74, 6) is 0.428. The molecule has 14 nitrogen and oxygen atoms in total. The Labute approximate surface area is 277 Å².